The van der Waals surface area contributed by atoms with E-state index in [4.69, 9.17) is 0 Å². The van der Waals surface area contributed by atoms with Gasteiger partial charge in [-0.25, -0.2) is 0 Å². The van der Waals surface area contributed by atoms with E-state index in [1.165, 1.54) is 6.92 Å². The zero-order valence-electron chi connectivity index (χ0n) is 13.7. The quantitative estimate of drug-likeness (QED) is 0.818. The van der Waals surface area contributed by atoms with Crippen LogP contribution in [0, 0.1) is 11.8 Å². The van der Waals surface area contributed by atoms with Crippen LogP contribution in [0.5, 0.6) is 0 Å². The summed E-state index contributed by atoms with van der Waals surface area (Å²) in [5.41, 5.74) is 1.06. The number of hydrogen-bond acceptors (Lipinski definition) is 3. The third kappa shape index (κ3) is 4.65. The molecule has 0 aliphatic heterocycles. The van der Waals surface area contributed by atoms with Crippen molar-refractivity contribution >= 4 is 17.6 Å². The normalized spacial score (nSPS) is 20.6. The summed E-state index contributed by atoms with van der Waals surface area (Å²) in [6.07, 6.45) is 3.65. The van der Waals surface area contributed by atoms with E-state index in [0.29, 0.717) is 23.6 Å². The highest BCUT2D eigenvalue weighted by Crippen LogP contribution is 2.28. The molecule has 1 aliphatic rings. The summed E-state index contributed by atoms with van der Waals surface area (Å²) < 4.78 is 0. The van der Waals surface area contributed by atoms with Crippen molar-refractivity contribution in [3.05, 3.63) is 35.4 Å². The third-order valence-electron chi connectivity index (χ3n) is 4.55. The number of nitrogens with one attached hydrogen (secondary N) is 2. The van der Waals surface area contributed by atoms with E-state index in [2.05, 4.69) is 10.6 Å². The third-order valence-corrected chi connectivity index (χ3v) is 4.55. The van der Waals surface area contributed by atoms with Crippen LogP contribution in [0.25, 0.3) is 0 Å². The molecule has 5 heteroatoms. The topological polar surface area (TPSA) is 75.3 Å². The van der Waals surface area contributed by atoms with Gasteiger partial charge < -0.3 is 10.6 Å². The molecule has 2 N–H and O–H groups in total. The molecule has 1 fully saturated rings. The number of Topliss-reactive ketones (excluding diaryl/α,β-unsaturated/α-hetero) is 1. The van der Waals surface area contributed by atoms with Gasteiger partial charge in [0.1, 0.15) is 0 Å². The first-order chi connectivity index (χ1) is 11.0. The second-order valence-corrected chi connectivity index (χ2v) is 6.18. The van der Waals surface area contributed by atoms with Crippen LogP contribution in [0.1, 0.15) is 53.3 Å². The predicted octanol–water partition coefficient (Wildman–Crippen LogP) is 2.17. The van der Waals surface area contributed by atoms with Gasteiger partial charge in [-0.3, -0.25) is 14.4 Å². The minimum absolute atomic E-state index is 0.0489. The lowest BCUT2D eigenvalue weighted by Crippen LogP contribution is -2.35. The number of ketones is 1. The molecule has 0 unspecified atom stereocenters. The average Bonchev–Trinajstić information content (AvgIpc) is 2.59. The maximum Gasteiger partial charge on any atom is 0.251 e. The second-order valence-electron chi connectivity index (χ2n) is 6.18. The monoisotopic (exact) mass is 316 g/mol. The maximum absolute atomic E-state index is 12.2. The summed E-state index contributed by atoms with van der Waals surface area (Å²) in [6.45, 7) is 2.10. The van der Waals surface area contributed by atoms with Crippen LogP contribution in [-0.4, -0.2) is 31.2 Å². The second kappa shape index (κ2) is 7.90. The van der Waals surface area contributed by atoms with Gasteiger partial charge in [-0.15, -0.1) is 0 Å². The minimum atomic E-state index is -0.151. The van der Waals surface area contributed by atoms with Crippen molar-refractivity contribution in [3.63, 3.8) is 0 Å². The van der Waals surface area contributed by atoms with Gasteiger partial charge in [-0.1, -0.05) is 12.1 Å². The Hall–Kier alpha value is -2.17. The lowest BCUT2D eigenvalue weighted by Gasteiger charge is -2.27. The van der Waals surface area contributed by atoms with E-state index in [1.54, 1.807) is 31.3 Å². The van der Waals surface area contributed by atoms with E-state index in [1.807, 2.05) is 0 Å². The van der Waals surface area contributed by atoms with E-state index in [0.717, 1.165) is 25.7 Å². The van der Waals surface area contributed by atoms with Crippen molar-refractivity contribution in [2.24, 2.45) is 11.8 Å². The minimum Gasteiger partial charge on any atom is -0.359 e. The summed E-state index contributed by atoms with van der Waals surface area (Å²) >= 11 is 0. The molecule has 0 spiro atoms. The van der Waals surface area contributed by atoms with Crippen molar-refractivity contribution < 1.29 is 14.4 Å². The molecule has 0 aromatic heterocycles. The van der Waals surface area contributed by atoms with Gasteiger partial charge in [0.25, 0.3) is 5.91 Å². The van der Waals surface area contributed by atoms with E-state index in [-0.39, 0.29) is 23.5 Å². The Morgan fingerprint density at radius 3 is 2.35 bits per heavy atom. The van der Waals surface area contributed by atoms with Crippen molar-refractivity contribution in [2.75, 3.05) is 13.6 Å². The molecule has 0 atom stereocenters. The van der Waals surface area contributed by atoms with Crippen LogP contribution in [0.15, 0.2) is 24.3 Å². The van der Waals surface area contributed by atoms with Crippen molar-refractivity contribution in [1.29, 1.82) is 0 Å². The van der Waals surface area contributed by atoms with Crippen LogP contribution in [0.4, 0.5) is 0 Å². The molecule has 2 rings (SSSR count). The molecule has 1 aromatic rings. The standard InChI is InChI=1S/C18H24N2O3/c1-12(21)15-4-3-5-16(10-15)18(23)20-11-13-6-8-14(9-7-13)17(22)19-2/h3-5,10,13-14H,6-9,11H2,1-2H3,(H,19,22)(H,20,23). The fourth-order valence-electron chi connectivity index (χ4n) is 3.05. The Balaban J connectivity index is 1.82. The summed E-state index contributed by atoms with van der Waals surface area (Å²) in [5, 5.41) is 5.64. The highest BCUT2D eigenvalue weighted by molar-refractivity contribution is 5.99. The maximum atomic E-state index is 12.2. The highest BCUT2D eigenvalue weighted by atomic mass is 16.2. The van der Waals surface area contributed by atoms with Crippen LogP contribution in [0.3, 0.4) is 0 Å². The SMILES string of the molecule is CNC(=O)C1CCC(CNC(=O)c2cccc(C(C)=O)c2)CC1. The Morgan fingerprint density at radius 2 is 1.74 bits per heavy atom. The molecule has 5 nitrogen and oxygen atoms in total. The van der Waals surface area contributed by atoms with Gasteiger partial charge in [0.05, 0.1) is 0 Å². The Labute approximate surface area is 136 Å². The van der Waals surface area contributed by atoms with E-state index < -0.39 is 0 Å². The number of benzene rings is 1. The molecule has 1 aliphatic carbocycles. The summed E-state index contributed by atoms with van der Waals surface area (Å²) in [6, 6.07) is 6.77. The van der Waals surface area contributed by atoms with E-state index >= 15 is 0 Å². The first-order valence-electron chi connectivity index (χ1n) is 8.12. The Kier molecular flexibility index (Phi) is 5.90. The van der Waals surface area contributed by atoms with Crippen LogP contribution >= 0.6 is 0 Å². The zero-order chi connectivity index (χ0) is 16.8. The number of carbonyl (C=O) groups is 3. The van der Waals surface area contributed by atoms with Crippen molar-refractivity contribution in [1.82, 2.24) is 10.6 Å². The molecule has 1 saturated carbocycles. The fraction of sp³-hybridized carbons (Fsp3) is 0.500. The van der Waals surface area contributed by atoms with Gasteiger partial charge in [0, 0.05) is 30.6 Å². The van der Waals surface area contributed by atoms with Gasteiger partial charge >= 0.3 is 0 Å². The summed E-state index contributed by atoms with van der Waals surface area (Å²) in [5.74, 6) is 0.442. The van der Waals surface area contributed by atoms with Crippen molar-refractivity contribution in [2.45, 2.75) is 32.6 Å². The van der Waals surface area contributed by atoms with E-state index in [9.17, 15) is 14.4 Å². The summed E-state index contributed by atoms with van der Waals surface area (Å²) in [7, 11) is 1.67. The molecular weight excluding hydrogens is 292 g/mol. The zero-order valence-corrected chi connectivity index (χ0v) is 13.7. The predicted molar refractivity (Wildman–Crippen MR) is 88.3 cm³/mol. The van der Waals surface area contributed by atoms with Gasteiger partial charge in [0.2, 0.25) is 5.91 Å². The van der Waals surface area contributed by atoms with Gasteiger partial charge in [0.15, 0.2) is 5.78 Å². The summed E-state index contributed by atoms with van der Waals surface area (Å²) in [4.78, 5) is 35.2. The molecule has 0 radical (unpaired) electrons. The first-order valence-corrected chi connectivity index (χ1v) is 8.12. The van der Waals surface area contributed by atoms with Crippen molar-refractivity contribution in [3.8, 4) is 0 Å². The van der Waals surface area contributed by atoms with Gasteiger partial charge in [-0.2, -0.15) is 0 Å². The smallest absolute Gasteiger partial charge is 0.251 e. The van der Waals surface area contributed by atoms with Crippen LogP contribution in [0.2, 0.25) is 0 Å². The average molecular weight is 316 g/mol. The molecule has 0 heterocycles. The molecule has 0 saturated heterocycles. The number of rotatable bonds is 5. The molecule has 2 amide bonds. The number of carbonyl (C=O) groups excluding carboxylic acids is 3. The molecule has 23 heavy (non-hydrogen) atoms. The van der Waals surface area contributed by atoms with Gasteiger partial charge in [-0.05, 0) is 50.7 Å². The lowest BCUT2D eigenvalue weighted by molar-refractivity contribution is -0.125. The largest absolute Gasteiger partial charge is 0.359 e. The molecule has 124 valence electrons. The molecule has 1 aromatic carbocycles. The molecular formula is C18H24N2O3. The Morgan fingerprint density at radius 1 is 1.09 bits per heavy atom. The first kappa shape index (κ1) is 17.2. The fourth-order valence-corrected chi connectivity index (χ4v) is 3.05. The number of hydrogen-bond donors (Lipinski definition) is 2. The number of amides is 2. The molecule has 0 bridgehead atoms. The Bertz CT molecular complexity index is 590. The highest BCUT2D eigenvalue weighted by Gasteiger charge is 2.25. The van der Waals surface area contributed by atoms with Crippen LogP contribution < -0.4 is 10.6 Å². The lowest BCUT2D eigenvalue weighted by atomic mass is 9.81. The van der Waals surface area contributed by atoms with Crippen LogP contribution in [-0.2, 0) is 4.79 Å².